The maximum atomic E-state index is 13.4. The van der Waals surface area contributed by atoms with Gasteiger partial charge in [0, 0.05) is 11.4 Å². The number of aromatic amines is 1. The zero-order chi connectivity index (χ0) is 22.4. The van der Waals surface area contributed by atoms with Gasteiger partial charge in [0.15, 0.2) is 0 Å². The number of halogens is 6. The Hall–Kier alpha value is -3.18. The third kappa shape index (κ3) is 4.07. The largest absolute Gasteiger partial charge is 0.478 e. The van der Waals surface area contributed by atoms with Crippen molar-refractivity contribution in [1.29, 1.82) is 0 Å². The molecule has 1 aliphatic heterocycles. The third-order valence-electron chi connectivity index (χ3n) is 4.61. The summed E-state index contributed by atoms with van der Waals surface area (Å²) in [5, 5.41) is 9.10. The van der Waals surface area contributed by atoms with Gasteiger partial charge in [-0.15, -0.1) is 0 Å². The Kier molecular flexibility index (Phi) is 5.21. The molecule has 6 nitrogen and oxygen atoms in total. The minimum absolute atomic E-state index is 0.220. The van der Waals surface area contributed by atoms with Gasteiger partial charge >= 0.3 is 24.4 Å². The van der Waals surface area contributed by atoms with Gasteiger partial charge in [0.25, 0.3) is 0 Å². The standard InChI is InChI=1S/C18H14F6N2O4/c1-8-13(15(27)28)14(18(22,23)24)11(25-8)6-26-7-12(30-16(26)29)9-2-4-10(5-3-9)17(19,20)21/h2-5,12,25H,6-7H2,1H3,(H,27,28). The predicted molar refractivity (Wildman–Crippen MR) is 88.6 cm³/mol. The fourth-order valence-corrected chi connectivity index (χ4v) is 3.28. The molecule has 1 aliphatic rings. The molecule has 162 valence electrons. The van der Waals surface area contributed by atoms with Crippen molar-refractivity contribution >= 4 is 12.1 Å². The van der Waals surface area contributed by atoms with Crippen LogP contribution in [-0.2, 0) is 23.6 Å². The van der Waals surface area contributed by atoms with Crippen LogP contribution in [0.4, 0.5) is 31.1 Å². The van der Waals surface area contributed by atoms with Gasteiger partial charge in [0.2, 0.25) is 0 Å². The Morgan fingerprint density at radius 2 is 1.77 bits per heavy atom. The Morgan fingerprint density at radius 3 is 2.27 bits per heavy atom. The van der Waals surface area contributed by atoms with Crippen molar-refractivity contribution in [2.24, 2.45) is 0 Å². The predicted octanol–water partition coefficient (Wildman–Crippen LogP) is 4.75. The summed E-state index contributed by atoms with van der Waals surface area (Å²) in [4.78, 5) is 26.6. The summed E-state index contributed by atoms with van der Waals surface area (Å²) in [5.74, 6) is -1.77. The molecule has 2 aromatic rings. The first kappa shape index (κ1) is 21.5. The summed E-state index contributed by atoms with van der Waals surface area (Å²) in [7, 11) is 0. The molecule has 3 rings (SSSR count). The van der Waals surface area contributed by atoms with Crippen LogP contribution >= 0.6 is 0 Å². The van der Waals surface area contributed by atoms with Gasteiger partial charge < -0.3 is 14.8 Å². The van der Waals surface area contributed by atoms with Crippen molar-refractivity contribution in [2.45, 2.75) is 31.9 Å². The van der Waals surface area contributed by atoms with Crippen molar-refractivity contribution in [2.75, 3.05) is 6.54 Å². The van der Waals surface area contributed by atoms with Crippen molar-refractivity contribution in [3.8, 4) is 0 Å². The average Bonchev–Trinajstić information content (AvgIpc) is 3.14. The molecule has 1 saturated heterocycles. The number of benzene rings is 1. The second kappa shape index (κ2) is 7.26. The average molecular weight is 436 g/mol. The van der Waals surface area contributed by atoms with E-state index in [0.29, 0.717) is 0 Å². The van der Waals surface area contributed by atoms with E-state index >= 15 is 0 Å². The van der Waals surface area contributed by atoms with Crippen LogP contribution in [0.15, 0.2) is 24.3 Å². The molecule has 30 heavy (non-hydrogen) atoms. The molecule has 1 amide bonds. The Balaban J connectivity index is 1.83. The highest BCUT2D eigenvalue weighted by molar-refractivity contribution is 5.91. The van der Waals surface area contributed by atoms with E-state index in [-0.39, 0.29) is 17.8 Å². The minimum atomic E-state index is -4.98. The van der Waals surface area contributed by atoms with E-state index in [2.05, 4.69) is 4.98 Å². The number of rotatable bonds is 4. The number of aromatic carboxylic acids is 1. The van der Waals surface area contributed by atoms with Crippen LogP contribution in [0.2, 0.25) is 0 Å². The Labute approximate surface area is 165 Å². The minimum Gasteiger partial charge on any atom is -0.478 e. The lowest BCUT2D eigenvalue weighted by Crippen LogP contribution is -2.26. The second-order valence-electron chi connectivity index (χ2n) is 6.65. The quantitative estimate of drug-likeness (QED) is 0.678. The van der Waals surface area contributed by atoms with Crippen LogP contribution in [0.5, 0.6) is 0 Å². The van der Waals surface area contributed by atoms with Crippen molar-refractivity contribution in [1.82, 2.24) is 9.88 Å². The topological polar surface area (TPSA) is 82.6 Å². The van der Waals surface area contributed by atoms with Gasteiger partial charge in [-0.05, 0) is 24.6 Å². The molecule has 2 N–H and O–H groups in total. The molecule has 0 radical (unpaired) electrons. The fourth-order valence-electron chi connectivity index (χ4n) is 3.28. The zero-order valence-electron chi connectivity index (χ0n) is 15.2. The molecule has 2 heterocycles. The summed E-state index contributed by atoms with van der Waals surface area (Å²) in [6.45, 7) is 0.330. The zero-order valence-corrected chi connectivity index (χ0v) is 15.2. The molecule has 1 unspecified atom stereocenters. The fraction of sp³-hybridized carbons (Fsp3) is 0.333. The van der Waals surface area contributed by atoms with Crippen LogP contribution < -0.4 is 0 Å². The summed E-state index contributed by atoms with van der Waals surface area (Å²) >= 11 is 0. The number of nitrogens with zero attached hydrogens (tertiary/aromatic N) is 1. The first-order valence-corrected chi connectivity index (χ1v) is 8.43. The molecule has 12 heteroatoms. The van der Waals surface area contributed by atoms with Gasteiger partial charge in [-0.25, -0.2) is 9.59 Å². The van der Waals surface area contributed by atoms with Crippen LogP contribution in [-0.4, -0.2) is 33.6 Å². The van der Waals surface area contributed by atoms with Crippen LogP contribution in [0.3, 0.4) is 0 Å². The van der Waals surface area contributed by atoms with E-state index in [4.69, 9.17) is 9.84 Å². The molecule has 0 spiro atoms. The molecular weight excluding hydrogens is 422 g/mol. The number of carboxylic acid groups (broad SMARTS) is 1. The summed E-state index contributed by atoms with van der Waals surface area (Å²) in [5.41, 5.74) is -3.74. The number of carboxylic acids is 1. The lowest BCUT2D eigenvalue weighted by Gasteiger charge is -2.15. The molecule has 0 saturated carbocycles. The first-order valence-electron chi connectivity index (χ1n) is 8.43. The second-order valence-corrected chi connectivity index (χ2v) is 6.65. The smallest absolute Gasteiger partial charge is 0.419 e. The van der Waals surface area contributed by atoms with Crippen LogP contribution in [0.1, 0.15) is 44.5 Å². The number of aromatic nitrogens is 1. The summed E-state index contributed by atoms with van der Waals surface area (Å²) in [6, 6.07) is 3.85. The van der Waals surface area contributed by atoms with E-state index in [1.807, 2.05) is 0 Å². The van der Waals surface area contributed by atoms with Gasteiger partial charge in [0.1, 0.15) is 6.10 Å². The number of amides is 1. The third-order valence-corrected chi connectivity index (χ3v) is 4.61. The Morgan fingerprint density at radius 1 is 1.17 bits per heavy atom. The molecule has 1 aromatic carbocycles. The van der Waals surface area contributed by atoms with E-state index in [9.17, 15) is 35.9 Å². The highest BCUT2D eigenvalue weighted by Crippen LogP contribution is 2.38. The lowest BCUT2D eigenvalue weighted by atomic mass is 10.1. The number of nitrogens with one attached hydrogen (secondary N) is 1. The first-order chi connectivity index (χ1) is 13.8. The highest BCUT2D eigenvalue weighted by Gasteiger charge is 2.42. The highest BCUT2D eigenvalue weighted by atomic mass is 19.4. The van der Waals surface area contributed by atoms with E-state index in [1.165, 1.54) is 0 Å². The van der Waals surface area contributed by atoms with Crippen LogP contribution in [0.25, 0.3) is 0 Å². The number of ether oxygens (including phenoxy) is 1. The number of hydrogen-bond acceptors (Lipinski definition) is 3. The summed E-state index contributed by atoms with van der Waals surface area (Å²) < 4.78 is 83.3. The van der Waals surface area contributed by atoms with E-state index in [0.717, 1.165) is 36.1 Å². The SMILES string of the molecule is Cc1[nH]c(CN2CC(c3ccc(C(F)(F)F)cc3)OC2=O)c(C(F)(F)F)c1C(=O)O. The van der Waals surface area contributed by atoms with Gasteiger partial charge in [0.05, 0.1) is 29.8 Å². The van der Waals surface area contributed by atoms with Gasteiger partial charge in [-0.2, -0.15) is 26.3 Å². The number of carbonyl (C=O) groups is 2. The van der Waals surface area contributed by atoms with Crippen molar-refractivity contribution in [3.63, 3.8) is 0 Å². The number of H-pyrrole nitrogens is 1. The number of cyclic esters (lactones) is 1. The molecule has 0 aliphatic carbocycles. The lowest BCUT2D eigenvalue weighted by molar-refractivity contribution is -0.139. The van der Waals surface area contributed by atoms with Crippen LogP contribution in [0, 0.1) is 6.92 Å². The molecule has 1 fully saturated rings. The molecule has 1 aromatic heterocycles. The maximum Gasteiger partial charge on any atom is 0.419 e. The monoisotopic (exact) mass is 436 g/mol. The van der Waals surface area contributed by atoms with Crippen molar-refractivity contribution < 1.29 is 45.8 Å². The molecular formula is C18H14F6N2O4. The molecule has 0 bridgehead atoms. The van der Waals surface area contributed by atoms with E-state index in [1.54, 1.807) is 0 Å². The van der Waals surface area contributed by atoms with Crippen molar-refractivity contribution in [3.05, 3.63) is 57.9 Å². The van der Waals surface area contributed by atoms with Gasteiger partial charge in [-0.1, -0.05) is 12.1 Å². The molecule has 1 atom stereocenters. The number of hydrogen-bond donors (Lipinski definition) is 2. The number of aryl methyl sites for hydroxylation is 1. The number of carbonyl (C=O) groups excluding carboxylic acids is 1. The van der Waals surface area contributed by atoms with E-state index < -0.39 is 59.4 Å². The van der Waals surface area contributed by atoms with Gasteiger partial charge in [-0.3, -0.25) is 4.90 Å². The normalized spacial score (nSPS) is 17.4. The Bertz CT molecular complexity index is 978. The summed E-state index contributed by atoms with van der Waals surface area (Å²) in [6.07, 6.45) is -11.5. The maximum absolute atomic E-state index is 13.4. The number of alkyl halides is 6.